The second kappa shape index (κ2) is 4.26. The highest BCUT2D eigenvalue weighted by molar-refractivity contribution is 5.58. The molecule has 1 unspecified atom stereocenters. The maximum absolute atomic E-state index is 13.8. The molecule has 0 saturated heterocycles. The summed E-state index contributed by atoms with van der Waals surface area (Å²) in [4.78, 5) is 0. The third-order valence-electron chi connectivity index (χ3n) is 3.11. The molecule has 0 saturated carbocycles. The Morgan fingerprint density at radius 2 is 1.78 bits per heavy atom. The zero-order chi connectivity index (χ0) is 12.5. The molecule has 1 atom stereocenters. The Bertz CT molecular complexity index is 620. The summed E-state index contributed by atoms with van der Waals surface area (Å²) >= 11 is 0. The van der Waals surface area contributed by atoms with Crippen LogP contribution in [0.1, 0.15) is 22.7 Å². The zero-order valence-electron chi connectivity index (χ0n) is 9.53. The fraction of sp³-hybridized carbons (Fsp3) is 0.0667. The first-order valence-electron chi connectivity index (χ1n) is 5.72. The van der Waals surface area contributed by atoms with E-state index in [4.69, 9.17) is 0 Å². The summed E-state index contributed by atoms with van der Waals surface area (Å²) in [7, 11) is 0. The highest BCUT2D eigenvalue weighted by atomic mass is 19.1. The lowest BCUT2D eigenvalue weighted by Crippen LogP contribution is -2.21. The van der Waals surface area contributed by atoms with E-state index in [0.717, 1.165) is 17.2 Å². The summed E-state index contributed by atoms with van der Waals surface area (Å²) in [6.45, 7) is 0. The Labute approximate surface area is 104 Å². The van der Waals surface area contributed by atoms with Gasteiger partial charge in [-0.25, -0.2) is 8.78 Å². The molecule has 0 fully saturated rings. The van der Waals surface area contributed by atoms with Crippen LogP contribution in [0.3, 0.4) is 0 Å². The lowest BCUT2D eigenvalue weighted by molar-refractivity contribution is 0.555. The summed E-state index contributed by atoms with van der Waals surface area (Å²) in [6, 6.07) is 11.2. The lowest BCUT2D eigenvalue weighted by atomic mass is 9.92. The Kier molecular flexibility index (Phi) is 2.59. The zero-order valence-corrected chi connectivity index (χ0v) is 9.53. The van der Waals surface area contributed by atoms with Crippen molar-refractivity contribution in [2.45, 2.75) is 6.04 Å². The van der Waals surface area contributed by atoms with E-state index in [2.05, 4.69) is 5.32 Å². The first-order valence-corrected chi connectivity index (χ1v) is 5.72. The highest BCUT2D eigenvalue weighted by Crippen LogP contribution is 2.30. The van der Waals surface area contributed by atoms with Crippen LogP contribution in [0.4, 0.5) is 8.78 Å². The van der Waals surface area contributed by atoms with Gasteiger partial charge in [-0.2, -0.15) is 0 Å². The standard InChI is InChI=1S/C15H11F2N/c16-11-5-6-13(14(17)9-11)15-12-4-2-1-3-10(12)7-8-18-15/h1-9,15,18H. The Morgan fingerprint density at radius 1 is 0.944 bits per heavy atom. The molecule has 1 aliphatic rings. The van der Waals surface area contributed by atoms with Gasteiger partial charge in [0.25, 0.3) is 0 Å². The van der Waals surface area contributed by atoms with Gasteiger partial charge in [-0.05, 0) is 29.5 Å². The SMILES string of the molecule is Fc1ccc(C2NC=Cc3ccccc32)c(F)c1. The van der Waals surface area contributed by atoms with Gasteiger partial charge >= 0.3 is 0 Å². The fourth-order valence-electron chi connectivity index (χ4n) is 2.24. The van der Waals surface area contributed by atoms with Gasteiger partial charge in [0, 0.05) is 11.6 Å². The maximum atomic E-state index is 13.8. The Morgan fingerprint density at radius 3 is 2.61 bits per heavy atom. The molecule has 3 rings (SSSR count). The van der Waals surface area contributed by atoms with E-state index >= 15 is 0 Å². The third kappa shape index (κ3) is 1.78. The first kappa shape index (κ1) is 11.0. The predicted molar refractivity (Wildman–Crippen MR) is 66.8 cm³/mol. The Balaban J connectivity index is 2.11. The topological polar surface area (TPSA) is 12.0 Å². The average Bonchev–Trinajstić information content (AvgIpc) is 2.38. The summed E-state index contributed by atoms with van der Waals surface area (Å²) < 4.78 is 26.8. The van der Waals surface area contributed by atoms with Gasteiger partial charge < -0.3 is 5.32 Å². The molecule has 1 nitrogen and oxygen atoms in total. The van der Waals surface area contributed by atoms with Gasteiger partial charge in [0.15, 0.2) is 0 Å². The smallest absolute Gasteiger partial charge is 0.131 e. The summed E-state index contributed by atoms with van der Waals surface area (Å²) in [5, 5.41) is 3.11. The molecule has 2 aromatic carbocycles. The van der Waals surface area contributed by atoms with Crippen LogP contribution in [0, 0.1) is 11.6 Å². The molecule has 0 radical (unpaired) electrons. The molecule has 90 valence electrons. The van der Waals surface area contributed by atoms with Gasteiger partial charge in [-0.1, -0.05) is 30.3 Å². The quantitative estimate of drug-likeness (QED) is 0.806. The van der Waals surface area contributed by atoms with E-state index < -0.39 is 11.6 Å². The van der Waals surface area contributed by atoms with E-state index in [9.17, 15) is 8.78 Å². The minimum absolute atomic E-state index is 0.271. The number of rotatable bonds is 1. The minimum Gasteiger partial charge on any atom is -0.380 e. The van der Waals surface area contributed by atoms with Gasteiger partial charge in [-0.15, -0.1) is 0 Å². The molecule has 0 bridgehead atoms. The molecular formula is C15H11F2N. The second-order valence-corrected chi connectivity index (χ2v) is 4.23. The molecule has 0 amide bonds. The van der Waals surface area contributed by atoms with Crippen molar-refractivity contribution in [3.05, 3.63) is 77.0 Å². The monoisotopic (exact) mass is 243 g/mol. The molecule has 0 aromatic heterocycles. The lowest BCUT2D eigenvalue weighted by Gasteiger charge is -2.24. The molecule has 1 N–H and O–H groups in total. The fourth-order valence-corrected chi connectivity index (χ4v) is 2.24. The number of hydrogen-bond donors (Lipinski definition) is 1. The van der Waals surface area contributed by atoms with Crippen molar-refractivity contribution in [1.29, 1.82) is 0 Å². The van der Waals surface area contributed by atoms with Crippen LogP contribution in [-0.4, -0.2) is 0 Å². The predicted octanol–water partition coefficient (Wildman–Crippen LogP) is 3.63. The molecule has 2 aromatic rings. The van der Waals surface area contributed by atoms with Crippen LogP contribution in [0.5, 0.6) is 0 Å². The van der Waals surface area contributed by atoms with Crippen LogP contribution in [0.25, 0.3) is 6.08 Å². The van der Waals surface area contributed by atoms with Gasteiger partial charge in [0.2, 0.25) is 0 Å². The Hall–Kier alpha value is -2.16. The van der Waals surface area contributed by atoms with Gasteiger partial charge in [-0.3, -0.25) is 0 Å². The summed E-state index contributed by atoms with van der Waals surface area (Å²) in [5.41, 5.74) is 2.49. The molecule has 0 aliphatic carbocycles. The third-order valence-corrected chi connectivity index (χ3v) is 3.11. The number of nitrogens with one attached hydrogen (secondary N) is 1. The number of halogens is 2. The van der Waals surface area contributed by atoms with E-state index in [1.54, 1.807) is 6.20 Å². The van der Waals surface area contributed by atoms with Crippen molar-refractivity contribution in [2.24, 2.45) is 0 Å². The highest BCUT2D eigenvalue weighted by Gasteiger charge is 2.21. The van der Waals surface area contributed by atoms with Crippen LogP contribution < -0.4 is 5.32 Å². The van der Waals surface area contributed by atoms with Crippen molar-refractivity contribution < 1.29 is 8.78 Å². The first-order chi connectivity index (χ1) is 8.75. The molecule has 1 heterocycles. The molecule has 3 heteroatoms. The van der Waals surface area contributed by atoms with Crippen molar-refractivity contribution >= 4 is 6.08 Å². The van der Waals surface area contributed by atoms with Crippen molar-refractivity contribution in [3.63, 3.8) is 0 Å². The van der Waals surface area contributed by atoms with E-state index in [1.165, 1.54) is 12.1 Å². The summed E-state index contributed by atoms with van der Waals surface area (Å²) in [6.07, 6.45) is 3.73. The van der Waals surface area contributed by atoms with Crippen LogP contribution >= 0.6 is 0 Å². The number of hydrogen-bond acceptors (Lipinski definition) is 1. The van der Waals surface area contributed by atoms with E-state index in [1.807, 2.05) is 30.3 Å². The van der Waals surface area contributed by atoms with Gasteiger partial charge in [0.1, 0.15) is 11.6 Å². The normalized spacial score (nSPS) is 17.1. The maximum Gasteiger partial charge on any atom is 0.131 e. The van der Waals surface area contributed by atoms with Crippen molar-refractivity contribution in [1.82, 2.24) is 5.32 Å². The van der Waals surface area contributed by atoms with Crippen molar-refractivity contribution in [2.75, 3.05) is 0 Å². The van der Waals surface area contributed by atoms with Crippen LogP contribution in [0.2, 0.25) is 0 Å². The molecule has 18 heavy (non-hydrogen) atoms. The van der Waals surface area contributed by atoms with E-state index in [0.29, 0.717) is 5.56 Å². The molecular weight excluding hydrogens is 232 g/mol. The number of benzene rings is 2. The molecule has 0 spiro atoms. The minimum atomic E-state index is -0.559. The summed E-state index contributed by atoms with van der Waals surface area (Å²) in [5.74, 6) is -1.09. The second-order valence-electron chi connectivity index (χ2n) is 4.23. The molecule has 1 aliphatic heterocycles. The largest absolute Gasteiger partial charge is 0.380 e. The van der Waals surface area contributed by atoms with Crippen LogP contribution in [-0.2, 0) is 0 Å². The van der Waals surface area contributed by atoms with Crippen molar-refractivity contribution in [3.8, 4) is 0 Å². The van der Waals surface area contributed by atoms with E-state index in [-0.39, 0.29) is 6.04 Å². The average molecular weight is 243 g/mol. The number of fused-ring (bicyclic) bond motifs is 1. The van der Waals surface area contributed by atoms with Gasteiger partial charge in [0.05, 0.1) is 6.04 Å². The van der Waals surface area contributed by atoms with Crippen LogP contribution in [0.15, 0.2) is 48.7 Å².